The average molecular weight is 1000 g/mol. The first-order valence-corrected chi connectivity index (χ1v) is 26.2. The van der Waals surface area contributed by atoms with Crippen LogP contribution in [0.2, 0.25) is 0 Å². The second kappa shape index (κ2) is 18.4. The monoisotopic (exact) mass is 1000 g/mol. The van der Waals surface area contributed by atoms with Crippen LogP contribution in [0.4, 0.5) is 4.39 Å². The Morgan fingerprint density at radius 2 is 0.973 bits per heavy atom. The van der Waals surface area contributed by atoms with Gasteiger partial charge in [0.1, 0.15) is 0 Å². The first-order chi connectivity index (χ1) is 35.6. The van der Waals surface area contributed by atoms with E-state index < -0.39 is 16.8 Å². The number of fused-ring (bicyclic) bond motifs is 3. The number of aromatic amines is 3. The molecule has 12 heteroatoms. The van der Waals surface area contributed by atoms with Gasteiger partial charge in [-0.15, -0.1) is 5.10 Å². The number of nitriles is 2. The highest BCUT2D eigenvalue weighted by atomic mass is 19.1. The molecular formula is C63H65FN8O3. The Balaban J connectivity index is 0.000000128. The smallest absolute Gasteiger partial charge is 0.237 e. The molecule has 75 heavy (non-hydrogen) atoms. The number of ketones is 3. The third-order valence-corrected chi connectivity index (χ3v) is 17.2. The number of allylic oxidation sites excluding steroid dienone is 6. The van der Waals surface area contributed by atoms with E-state index in [4.69, 9.17) is 0 Å². The quantitative estimate of drug-likeness (QED) is 0.156. The summed E-state index contributed by atoms with van der Waals surface area (Å²) in [6, 6.07) is 29.5. The van der Waals surface area contributed by atoms with Gasteiger partial charge >= 0.3 is 0 Å². The van der Waals surface area contributed by atoms with Gasteiger partial charge < -0.3 is 0 Å². The number of rotatable bonds is 4. The van der Waals surface area contributed by atoms with Crippen molar-refractivity contribution < 1.29 is 18.8 Å². The summed E-state index contributed by atoms with van der Waals surface area (Å²) in [5.74, 6) is 0.0307. The van der Waals surface area contributed by atoms with Crippen molar-refractivity contribution in [2.24, 2.45) is 16.2 Å². The van der Waals surface area contributed by atoms with Crippen molar-refractivity contribution in [3.63, 3.8) is 0 Å². The first-order valence-electron chi connectivity index (χ1n) is 26.2. The Kier molecular flexibility index (Phi) is 12.5. The fraction of sp³-hybridized carbons (Fsp3) is 0.397. The molecule has 6 aliphatic carbocycles. The molecule has 3 aromatic heterocycles. The summed E-state index contributed by atoms with van der Waals surface area (Å²) in [6.07, 6.45) is 11.1. The molecule has 0 spiro atoms. The van der Waals surface area contributed by atoms with Gasteiger partial charge in [-0.05, 0) is 96.7 Å². The van der Waals surface area contributed by atoms with Crippen LogP contribution in [0.3, 0.4) is 0 Å². The maximum absolute atomic E-state index is 14.7. The number of H-pyrrole nitrogens is 3. The summed E-state index contributed by atoms with van der Waals surface area (Å²) in [7, 11) is 0. The van der Waals surface area contributed by atoms with E-state index in [0.29, 0.717) is 53.7 Å². The van der Waals surface area contributed by atoms with Gasteiger partial charge in [0.2, 0.25) is 5.95 Å². The molecule has 6 aliphatic rings. The number of Topliss-reactive ketones (excluding diaryl/α,β-unsaturated/α-hetero) is 3. The Labute approximate surface area is 438 Å². The van der Waals surface area contributed by atoms with Crippen LogP contribution in [-0.2, 0) is 49.9 Å². The zero-order valence-corrected chi connectivity index (χ0v) is 44.6. The van der Waals surface area contributed by atoms with Gasteiger partial charge in [-0.2, -0.15) is 25.1 Å². The Hall–Kier alpha value is -7.57. The molecule has 0 saturated heterocycles. The van der Waals surface area contributed by atoms with Gasteiger partial charge in [0.05, 0.1) is 46.5 Å². The summed E-state index contributed by atoms with van der Waals surface area (Å²) in [5, 5.41) is 40.1. The van der Waals surface area contributed by atoms with E-state index in [1.165, 1.54) is 28.0 Å². The molecule has 11 nitrogen and oxygen atoms in total. The van der Waals surface area contributed by atoms with E-state index in [-0.39, 0.29) is 33.2 Å². The number of hydrogen-bond acceptors (Lipinski definition) is 8. The van der Waals surface area contributed by atoms with Crippen molar-refractivity contribution in [2.75, 3.05) is 0 Å². The minimum atomic E-state index is -0.944. The highest BCUT2D eigenvalue weighted by molar-refractivity contribution is 6.03. The molecule has 3 N–H and O–H groups in total. The molecule has 0 aliphatic heterocycles. The average Bonchev–Trinajstić information content (AvgIpc) is 4.17. The van der Waals surface area contributed by atoms with E-state index >= 15 is 0 Å². The predicted octanol–water partition coefficient (Wildman–Crippen LogP) is 12.1. The molecule has 1 unspecified atom stereocenters. The minimum Gasteiger partial charge on any atom is -0.294 e. The van der Waals surface area contributed by atoms with E-state index in [0.717, 1.165) is 83.3 Å². The second-order valence-electron chi connectivity index (χ2n) is 24.4. The van der Waals surface area contributed by atoms with Crippen LogP contribution in [0.25, 0.3) is 0 Å². The van der Waals surface area contributed by atoms with Gasteiger partial charge in [0, 0.05) is 94.4 Å². The minimum absolute atomic E-state index is 0.0111. The SMILES string of the molecule is CC1(C)CC(=O)C2=C(Cc3[nH]nc(F)c3C2(C)c2cccc(C#N)c2)C1.CC1(C)CC(=O)C2=C(Cc3[nH]ncc3[C@@]2(C)c2cccc(C#N)c2)C1.CC[C@]1(c2ccccc2)C2=C(Cc3[nH]ncc31)CC(C)(C)CC2=O. The van der Waals surface area contributed by atoms with E-state index in [2.05, 4.69) is 122 Å². The summed E-state index contributed by atoms with van der Waals surface area (Å²) >= 11 is 0. The lowest BCUT2D eigenvalue weighted by Crippen LogP contribution is -2.42. The number of carbonyl (C=O) groups is 3. The number of nitrogens with zero attached hydrogens (tertiary/aromatic N) is 5. The van der Waals surface area contributed by atoms with Crippen LogP contribution >= 0.6 is 0 Å². The van der Waals surface area contributed by atoms with Gasteiger partial charge in [-0.1, -0.05) is 120 Å². The first kappa shape index (κ1) is 50.9. The molecule has 3 heterocycles. The zero-order chi connectivity index (χ0) is 53.5. The molecule has 0 amide bonds. The molecule has 0 saturated carbocycles. The maximum Gasteiger partial charge on any atom is 0.237 e. The van der Waals surface area contributed by atoms with Gasteiger partial charge in [-0.3, -0.25) is 29.7 Å². The fourth-order valence-electron chi connectivity index (χ4n) is 14.3. The number of aromatic nitrogens is 6. The van der Waals surface area contributed by atoms with Crippen molar-refractivity contribution >= 4 is 17.3 Å². The molecule has 3 aromatic carbocycles. The molecular weight excluding hydrogens is 936 g/mol. The van der Waals surface area contributed by atoms with Crippen LogP contribution in [0, 0.1) is 44.9 Å². The maximum atomic E-state index is 14.7. The lowest BCUT2D eigenvalue weighted by atomic mass is 9.57. The van der Waals surface area contributed by atoms with E-state index in [1.807, 2.05) is 49.6 Å². The third kappa shape index (κ3) is 8.47. The van der Waals surface area contributed by atoms with Crippen LogP contribution in [0.1, 0.15) is 169 Å². The third-order valence-electron chi connectivity index (χ3n) is 17.2. The van der Waals surface area contributed by atoms with Gasteiger partial charge in [-0.25, -0.2) is 0 Å². The molecule has 382 valence electrons. The van der Waals surface area contributed by atoms with Crippen LogP contribution in [0.5, 0.6) is 0 Å². The Bertz CT molecular complexity index is 3530. The Morgan fingerprint density at radius 1 is 0.533 bits per heavy atom. The molecule has 0 bridgehead atoms. The predicted molar refractivity (Wildman–Crippen MR) is 285 cm³/mol. The lowest BCUT2D eigenvalue weighted by molar-refractivity contribution is -0.119. The molecule has 0 fully saturated rings. The van der Waals surface area contributed by atoms with Gasteiger partial charge in [0.25, 0.3) is 0 Å². The summed E-state index contributed by atoms with van der Waals surface area (Å²) in [6.45, 7) is 19.1. The number of halogens is 1. The summed E-state index contributed by atoms with van der Waals surface area (Å²) in [4.78, 5) is 39.6. The number of carbonyl (C=O) groups excluding carboxylic acids is 3. The van der Waals surface area contributed by atoms with Crippen LogP contribution < -0.4 is 0 Å². The highest BCUT2D eigenvalue weighted by Gasteiger charge is 2.52. The van der Waals surface area contributed by atoms with E-state index in [9.17, 15) is 29.3 Å². The van der Waals surface area contributed by atoms with E-state index in [1.54, 1.807) is 24.3 Å². The molecule has 12 rings (SSSR count). The second-order valence-corrected chi connectivity index (χ2v) is 24.4. The summed E-state index contributed by atoms with van der Waals surface area (Å²) in [5.41, 5.74) is 13.9. The Morgan fingerprint density at radius 3 is 1.49 bits per heavy atom. The van der Waals surface area contributed by atoms with Crippen molar-refractivity contribution in [1.82, 2.24) is 30.6 Å². The van der Waals surface area contributed by atoms with Crippen molar-refractivity contribution in [3.05, 3.63) is 192 Å². The molecule has 3 atom stereocenters. The van der Waals surface area contributed by atoms with Crippen LogP contribution in [0.15, 0.2) is 125 Å². The fourth-order valence-corrected chi connectivity index (χ4v) is 14.3. The topological polar surface area (TPSA) is 185 Å². The number of benzene rings is 3. The largest absolute Gasteiger partial charge is 0.294 e. The normalized spacial score (nSPS) is 24.6. The highest BCUT2D eigenvalue weighted by Crippen LogP contribution is 2.56. The number of nitrogens with one attached hydrogen (secondary N) is 3. The number of hydrogen-bond donors (Lipinski definition) is 3. The molecule has 6 aromatic rings. The van der Waals surface area contributed by atoms with Gasteiger partial charge in [0.15, 0.2) is 17.3 Å². The molecule has 0 radical (unpaired) electrons. The zero-order valence-electron chi connectivity index (χ0n) is 44.6. The standard InChI is InChI=1S/C21H20FN3O.C21H21N3O.C21H24N2O/c1-20(2)9-13-8-15-18(19(22)25-24-15)21(3,17(13)16(26)10-20)14-6-4-5-12(7-14)11-23;1-20(2)9-14-8-17-16(12-23-24-17)21(3,19(14)18(25)10-20)15-6-4-5-13(7-15)11-22;1-4-21(15-8-6-5-7-9-15)16-13-22-23-17(16)10-14-11-20(2,3)12-18(24)19(14)21/h4-7H,8-10H2,1-3H3,(H,24,25);4-7,12H,8-10H2,1-3H3,(H,23,24);5-9,13H,4,10-12H2,1-3H3,(H,22,23)/t;2*21-/m.11/s1. The van der Waals surface area contributed by atoms with Crippen LogP contribution in [-0.4, -0.2) is 47.9 Å². The van der Waals surface area contributed by atoms with Crippen molar-refractivity contribution in [1.29, 1.82) is 10.5 Å². The van der Waals surface area contributed by atoms with Crippen molar-refractivity contribution in [3.8, 4) is 12.1 Å². The lowest BCUT2D eigenvalue weighted by Gasteiger charge is -2.45. The summed E-state index contributed by atoms with van der Waals surface area (Å²) < 4.78 is 14.7. The van der Waals surface area contributed by atoms with Crippen molar-refractivity contribution in [2.45, 2.75) is 143 Å².